The van der Waals surface area contributed by atoms with Crippen LogP contribution in [0.4, 0.5) is 14.5 Å². The molecule has 0 saturated carbocycles. The third-order valence-corrected chi connectivity index (χ3v) is 4.44. The van der Waals surface area contributed by atoms with E-state index in [1.807, 2.05) is 27.7 Å². The molecule has 21 heavy (non-hydrogen) atoms. The zero-order valence-corrected chi connectivity index (χ0v) is 12.3. The van der Waals surface area contributed by atoms with E-state index in [1.165, 1.54) is 18.2 Å². The highest BCUT2D eigenvalue weighted by atomic mass is 19.3. The molecule has 1 amide bonds. The molecule has 1 fully saturated rings. The molecule has 7 heteroatoms. The first-order valence-electron chi connectivity index (χ1n) is 6.74. The molecule has 1 N–H and O–H groups in total. The van der Waals surface area contributed by atoms with Gasteiger partial charge in [0.05, 0.1) is 22.5 Å². The van der Waals surface area contributed by atoms with Crippen LogP contribution < -0.4 is 10.8 Å². The van der Waals surface area contributed by atoms with Gasteiger partial charge in [0.25, 0.3) is 5.91 Å². The highest BCUT2D eigenvalue weighted by Gasteiger charge is 2.53. The molecule has 0 bridgehead atoms. The van der Waals surface area contributed by atoms with Crippen LogP contribution in [0.2, 0.25) is 0 Å². The van der Waals surface area contributed by atoms with Gasteiger partial charge in [0.15, 0.2) is 0 Å². The second kappa shape index (κ2) is 4.05. The number of anilines is 1. The zero-order valence-electron chi connectivity index (χ0n) is 12.3. The Bertz CT molecular complexity index is 615. The van der Waals surface area contributed by atoms with Gasteiger partial charge in [-0.15, -0.1) is 0 Å². The monoisotopic (exact) mass is 295 g/mol. The maximum absolute atomic E-state index is 13.6. The first-order valence-corrected chi connectivity index (χ1v) is 6.74. The fourth-order valence-electron chi connectivity index (χ4n) is 2.39. The molecule has 0 aliphatic carbocycles. The summed E-state index contributed by atoms with van der Waals surface area (Å²) in [7, 11) is -0.647. The molecule has 0 spiro atoms. The van der Waals surface area contributed by atoms with E-state index in [2.05, 4.69) is 5.32 Å². The Balaban J connectivity index is 1.94. The molecule has 3 rings (SSSR count). The van der Waals surface area contributed by atoms with Gasteiger partial charge in [0, 0.05) is 0 Å². The van der Waals surface area contributed by atoms with Crippen LogP contribution >= 0.6 is 0 Å². The van der Waals surface area contributed by atoms with Crippen molar-refractivity contribution in [3.05, 3.63) is 23.8 Å². The first-order chi connectivity index (χ1) is 9.54. The summed E-state index contributed by atoms with van der Waals surface area (Å²) < 4.78 is 39.0. The Hall–Kier alpha value is -1.47. The minimum Gasteiger partial charge on any atom is -0.399 e. The largest absolute Gasteiger partial charge is 0.494 e. The van der Waals surface area contributed by atoms with Crippen molar-refractivity contribution in [2.75, 3.05) is 5.32 Å². The minimum atomic E-state index is -3.48. The number of hydrogen-bond donors (Lipinski definition) is 1. The number of rotatable bonds is 1. The Morgan fingerprint density at radius 1 is 1.10 bits per heavy atom. The van der Waals surface area contributed by atoms with Gasteiger partial charge in [-0.25, -0.2) is 0 Å². The van der Waals surface area contributed by atoms with E-state index in [1.54, 1.807) is 0 Å². The summed E-state index contributed by atoms with van der Waals surface area (Å²) >= 11 is 0. The highest BCUT2D eigenvalue weighted by Crippen LogP contribution is 2.41. The standard InChI is InChI=1S/C14H16BF2NO3/c1-12(2)13(3,4)21-15(20-12)8-5-6-9-10(7-8)18-11(19)14(9,16)17/h5-7H,1-4H3,(H,18,19). The summed E-state index contributed by atoms with van der Waals surface area (Å²) in [6, 6.07) is 4.24. The summed E-state index contributed by atoms with van der Waals surface area (Å²) in [5, 5.41) is 2.19. The fraction of sp³-hybridized carbons (Fsp3) is 0.500. The average Bonchev–Trinajstić information content (AvgIpc) is 2.70. The highest BCUT2D eigenvalue weighted by molar-refractivity contribution is 6.62. The molecular formula is C14H16BF2NO3. The quantitative estimate of drug-likeness (QED) is 0.806. The van der Waals surface area contributed by atoms with Crippen LogP contribution in [0.25, 0.3) is 0 Å². The van der Waals surface area contributed by atoms with E-state index in [4.69, 9.17) is 9.31 Å². The minimum absolute atomic E-state index is 0.109. The predicted octanol–water partition coefficient (Wildman–Crippen LogP) is 2.03. The van der Waals surface area contributed by atoms with Crippen LogP contribution in [-0.4, -0.2) is 24.2 Å². The summed E-state index contributed by atoms with van der Waals surface area (Å²) in [6.45, 7) is 7.65. The number of amides is 1. The van der Waals surface area contributed by atoms with Gasteiger partial charge in [-0.05, 0) is 39.2 Å². The average molecular weight is 295 g/mol. The van der Waals surface area contributed by atoms with Crippen molar-refractivity contribution < 1.29 is 22.9 Å². The number of benzene rings is 1. The van der Waals surface area contributed by atoms with E-state index in [0.29, 0.717) is 5.46 Å². The topological polar surface area (TPSA) is 47.6 Å². The van der Waals surface area contributed by atoms with Crippen LogP contribution in [-0.2, 0) is 20.0 Å². The molecule has 1 aromatic carbocycles. The van der Waals surface area contributed by atoms with E-state index in [0.717, 1.165) is 0 Å². The number of nitrogens with one attached hydrogen (secondary N) is 1. The van der Waals surface area contributed by atoms with Gasteiger partial charge in [-0.2, -0.15) is 8.78 Å². The lowest BCUT2D eigenvalue weighted by Gasteiger charge is -2.32. The van der Waals surface area contributed by atoms with E-state index in [-0.39, 0.29) is 11.3 Å². The van der Waals surface area contributed by atoms with Gasteiger partial charge >= 0.3 is 13.0 Å². The second-order valence-corrected chi connectivity index (χ2v) is 6.42. The molecule has 0 radical (unpaired) electrons. The van der Waals surface area contributed by atoms with E-state index < -0.39 is 30.2 Å². The Morgan fingerprint density at radius 3 is 2.24 bits per heavy atom. The van der Waals surface area contributed by atoms with Crippen LogP contribution in [0.15, 0.2) is 18.2 Å². The Morgan fingerprint density at radius 2 is 1.67 bits per heavy atom. The molecule has 2 aliphatic heterocycles. The molecular weight excluding hydrogens is 279 g/mol. The van der Waals surface area contributed by atoms with E-state index >= 15 is 0 Å². The summed E-state index contributed by atoms with van der Waals surface area (Å²) in [6.07, 6.45) is 0. The normalized spacial score (nSPS) is 24.9. The van der Waals surface area contributed by atoms with Gasteiger partial charge in [0.1, 0.15) is 0 Å². The number of halogens is 2. The molecule has 0 aromatic heterocycles. The maximum Gasteiger partial charge on any atom is 0.494 e. The lowest BCUT2D eigenvalue weighted by atomic mass is 9.78. The van der Waals surface area contributed by atoms with Crippen molar-refractivity contribution >= 4 is 24.2 Å². The van der Waals surface area contributed by atoms with Gasteiger partial charge in [-0.1, -0.05) is 12.1 Å². The molecule has 4 nitrogen and oxygen atoms in total. The van der Waals surface area contributed by atoms with Gasteiger partial charge in [0.2, 0.25) is 0 Å². The van der Waals surface area contributed by atoms with Gasteiger partial charge in [-0.3, -0.25) is 4.79 Å². The lowest BCUT2D eigenvalue weighted by Crippen LogP contribution is -2.41. The number of alkyl halides is 2. The van der Waals surface area contributed by atoms with Crippen LogP contribution in [0.1, 0.15) is 33.3 Å². The number of fused-ring (bicyclic) bond motifs is 1. The smallest absolute Gasteiger partial charge is 0.399 e. The summed E-state index contributed by atoms with van der Waals surface area (Å²) in [5.74, 6) is -4.78. The van der Waals surface area contributed by atoms with Crippen molar-refractivity contribution in [2.45, 2.75) is 44.8 Å². The molecule has 1 saturated heterocycles. The second-order valence-electron chi connectivity index (χ2n) is 6.42. The third-order valence-electron chi connectivity index (χ3n) is 4.44. The summed E-state index contributed by atoms with van der Waals surface area (Å²) in [5.41, 5.74) is -0.622. The maximum atomic E-state index is 13.6. The molecule has 0 atom stereocenters. The molecule has 1 aromatic rings. The number of carbonyl (C=O) groups is 1. The van der Waals surface area contributed by atoms with Crippen molar-refractivity contribution in [3.8, 4) is 0 Å². The van der Waals surface area contributed by atoms with Gasteiger partial charge < -0.3 is 14.6 Å². The first kappa shape index (κ1) is 14.5. The molecule has 0 unspecified atom stereocenters. The van der Waals surface area contributed by atoms with Crippen molar-refractivity contribution in [2.24, 2.45) is 0 Å². The SMILES string of the molecule is CC1(C)OB(c2ccc3c(c2)NC(=O)C3(F)F)OC1(C)C. The van der Waals surface area contributed by atoms with Crippen molar-refractivity contribution in [3.63, 3.8) is 0 Å². The molecule has 2 aliphatic rings. The van der Waals surface area contributed by atoms with Crippen molar-refractivity contribution in [1.82, 2.24) is 0 Å². The van der Waals surface area contributed by atoms with E-state index in [9.17, 15) is 13.6 Å². The van der Waals surface area contributed by atoms with Crippen LogP contribution in [0.3, 0.4) is 0 Å². The van der Waals surface area contributed by atoms with Crippen LogP contribution in [0.5, 0.6) is 0 Å². The predicted molar refractivity (Wildman–Crippen MR) is 74.7 cm³/mol. The summed E-state index contributed by atoms with van der Waals surface area (Å²) in [4.78, 5) is 11.3. The molecule has 112 valence electrons. The Labute approximate surface area is 122 Å². The van der Waals surface area contributed by atoms with Crippen molar-refractivity contribution in [1.29, 1.82) is 0 Å². The van der Waals surface area contributed by atoms with Crippen LogP contribution in [0, 0.1) is 0 Å². The lowest BCUT2D eigenvalue weighted by molar-refractivity contribution is -0.139. The fourth-order valence-corrected chi connectivity index (χ4v) is 2.39. The zero-order chi connectivity index (χ0) is 15.6. The number of carbonyl (C=O) groups excluding carboxylic acids is 1. The molecule has 2 heterocycles. The number of hydrogen-bond acceptors (Lipinski definition) is 3. The third kappa shape index (κ3) is 1.98. The Kier molecular flexibility index (Phi) is 2.79.